The van der Waals surface area contributed by atoms with Gasteiger partial charge < -0.3 is 9.47 Å². The van der Waals surface area contributed by atoms with E-state index < -0.39 is 0 Å². The van der Waals surface area contributed by atoms with Gasteiger partial charge in [0.1, 0.15) is 5.75 Å². The average molecular weight is 398 g/mol. The summed E-state index contributed by atoms with van der Waals surface area (Å²) >= 11 is 1.45. The number of hydrogen-bond acceptors (Lipinski definition) is 6. The summed E-state index contributed by atoms with van der Waals surface area (Å²) in [6.07, 6.45) is 0. The maximum Gasteiger partial charge on any atom is 0.257 e. The molecule has 0 radical (unpaired) electrons. The topological polar surface area (TPSA) is 63.7 Å². The van der Waals surface area contributed by atoms with E-state index in [0.717, 1.165) is 54.4 Å². The monoisotopic (exact) mass is 397 g/mol. The van der Waals surface area contributed by atoms with Crippen molar-refractivity contribution in [3.63, 3.8) is 0 Å². The average Bonchev–Trinajstić information content (AvgIpc) is 3.11. The van der Waals surface area contributed by atoms with Crippen molar-refractivity contribution in [1.82, 2.24) is 9.88 Å². The molecule has 2 aromatic carbocycles. The van der Waals surface area contributed by atoms with Gasteiger partial charge in [-0.3, -0.25) is 15.0 Å². The second-order valence-corrected chi connectivity index (χ2v) is 7.66. The number of hydrogen-bond donors (Lipinski definition) is 1. The lowest BCUT2D eigenvalue weighted by Gasteiger charge is -2.26. The Bertz CT molecular complexity index is 966. The molecule has 7 heteroatoms. The third-order valence-corrected chi connectivity index (χ3v) is 5.52. The Morgan fingerprint density at radius 3 is 2.93 bits per heavy atom. The number of carbonyl (C=O) groups excluding carboxylic acids is 1. The van der Waals surface area contributed by atoms with Gasteiger partial charge in [-0.25, -0.2) is 4.98 Å². The minimum absolute atomic E-state index is 0.145. The van der Waals surface area contributed by atoms with Crippen LogP contribution in [0.3, 0.4) is 0 Å². The molecule has 0 spiro atoms. The Kier molecular flexibility index (Phi) is 5.85. The molecule has 4 rings (SSSR count). The van der Waals surface area contributed by atoms with Crippen LogP contribution in [0.5, 0.6) is 5.75 Å². The summed E-state index contributed by atoms with van der Waals surface area (Å²) in [6.45, 7) is 6.78. The normalized spacial score (nSPS) is 14.9. The Balaban J connectivity index is 1.45. The number of thiazole rings is 1. The van der Waals surface area contributed by atoms with Crippen LogP contribution >= 0.6 is 11.3 Å². The smallest absolute Gasteiger partial charge is 0.257 e. The van der Waals surface area contributed by atoms with Crippen LogP contribution in [0.1, 0.15) is 22.8 Å². The first-order valence-electron chi connectivity index (χ1n) is 9.45. The number of benzene rings is 2. The number of anilines is 1. The van der Waals surface area contributed by atoms with Crippen LogP contribution in [-0.4, -0.2) is 48.7 Å². The zero-order valence-corrected chi connectivity index (χ0v) is 16.6. The summed E-state index contributed by atoms with van der Waals surface area (Å²) < 4.78 is 11.9. The SMILES string of the molecule is CCOc1ccc2nc(NC(=O)c3cccc(CN4CCOCC4)c3)sc2c1. The maximum atomic E-state index is 12.7. The highest BCUT2D eigenvalue weighted by Crippen LogP contribution is 2.29. The van der Waals surface area contributed by atoms with Gasteiger partial charge in [-0.05, 0) is 42.8 Å². The molecule has 6 nitrogen and oxygen atoms in total. The highest BCUT2D eigenvalue weighted by Gasteiger charge is 2.14. The van der Waals surface area contributed by atoms with Crippen molar-refractivity contribution in [1.29, 1.82) is 0 Å². The molecule has 146 valence electrons. The first kappa shape index (κ1) is 18.9. The number of aromatic nitrogens is 1. The molecular formula is C21H23N3O3S. The molecule has 0 atom stereocenters. The number of rotatable bonds is 6. The predicted octanol–water partition coefficient (Wildman–Crippen LogP) is 3.78. The molecule has 0 aliphatic carbocycles. The molecule has 1 aromatic heterocycles. The zero-order chi connectivity index (χ0) is 19.3. The molecular weight excluding hydrogens is 374 g/mol. The molecule has 1 saturated heterocycles. The number of nitrogens with zero attached hydrogens (tertiary/aromatic N) is 2. The van der Waals surface area contributed by atoms with Gasteiger partial charge in [0.2, 0.25) is 0 Å². The van der Waals surface area contributed by atoms with E-state index in [-0.39, 0.29) is 5.91 Å². The molecule has 28 heavy (non-hydrogen) atoms. The standard InChI is InChI=1S/C21H23N3O3S/c1-2-27-17-6-7-18-19(13-17)28-21(22-18)23-20(25)16-5-3-4-15(12-16)14-24-8-10-26-11-9-24/h3-7,12-13H,2,8-11,14H2,1H3,(H,22,23,25). The second kappa shape index (κ2) is 8.68. The Labute approximate surface area is 168 Å². The van der Waals surface area contributed by atoms with E-state index in [1.807, 2.05) is 43.3 Å². The van der Waals surface area contributed by atoms with Crippen molar-refractivity contribution in [3.05, 3.63) is 53.6 Å². The molecule has 3 aromatic rings. The molecule has 1 N–H and O–H groups in total. The van der Waals surface area contributed by atoms with Gasteiger partial charge in [-0.1, -0.05) is 23.5 Å². The van der Waals surface area contributed by atoms with Crippen LogP contribution in [0, 0.1) is 0 Å². The Morgan fingerprint density at radius 2 is 2.11 bits per heavy atom. The summed E-state index contributed by atoms with van der Waals surface area (Å²) in [5.41, 5.74) is 2.62. The van der Waals surface area contributed by atoms with Gasteiger partial charge in [-0.15, -0.1) is 0 Å². The largest absolute Gasteiger partial charge is 0.494 e. The lowest BCUT2D eigenvalue weighted by atomic mass is 10.1. The molecule has 1 amide bonds. The number of ether oxygens (including phenoxy) is 2. The lowest BCUT2D eigenvalue weighted by Crippen LogP contribution is -2.35. The van der Waals surface area contributed by atoms with Crippen LogP contribution in [-0.2, 0) is 11.3 Å². The van der Waals surface area contributed by atoms with Gasteiger partial charge in [0.05, 0.1) is 30.0 Å². The zero-order valence-electron chi connectivity index (χ0n) is 15.8. The van der Waals surface area contributed by atoms with Crippen LogP contribution < -0.4 is 10.1 Å². The van der Waals surface area contributed by atoms with Crippen molar-refractivity contribution in [2.24, 2.45) is 0 Å². The quantitative estimate of drug-likeness (QED) is 0.686. The number of amides is 1. The molecule has 0 bridgehead atoms. The number of morpholine rings is 1. The summed E-state index contributed by atoms with van der Waals surface area (Å²) in [4.78, 5) is 19.5. The fourth-order valence-electron chi connectivity index (χ4n) is 3.21. The minimum Gasteiger partial charge on any atom is -0.494 e. The van der Waals surface area contributed by atoms with Gasteiger partial charge in [0.25, 0.3) is 5.91 Å². The van der Waals surface area contributed by atoms with E-state index in [4.69, 9.17) is 9.47 Å². The first-order chi connectivity index (χ1) is 13.7. The third-order valence-electron chi connectivity index (χ3n) is 4.59. The van der Waals surface area contributed by atoms with E-state index in [9.17, 15) is 4.79 Å². The lowest BCUT2D eigenvalue weighted by molar-refractivity contribution is 0.0342. The second-order valence-electron chi connectivity index (χ2n) is 6.62. The van der Waals surface area contributed by atoms with Crippen LogP contribution in [0.4, 0.5) is 5.13 Å². The fraction of sp³-hybridized carbons (Fsp3) is 0.333. The summed E-state index contributed by atoms with van der Waals surface area (Å²) in [5, 5.41) is 3.51. The maximum absolute atomic E-state index is 12.7. The van der Waals surface area contributed by atoms with Crippen molar-refractivity contribution < 1.29 is 14.3 Å². The highest BCUT2D eigenvalue weighted by molar-refractivity contribution is 7.22. The van der Waals surface area contributed by atoms with E-state index in [2.05, 4.69) is 21.3 Å². The highest BCUT2D eigenvalue weighted by atomic mass is 32.1. The van der Waals surface area contributed by atoms with Crippen molar-refractivity contribution in [2.75, 3.05) is 38.2 Å². The van der Waals surface area contributed by atoms with Crippen molar-refractivity contribution >= 4 is 32.6 Å². The van der Waals surface area contributed by atoms with Crippen molar-refractivity contribution in [2.45, 2.75) is 13.5 Å². The van der Waals surface area contributed by atoms with Gasteiger partial charge in [0, 0.05) is 25.2 Å². The number of carbonyl (C=O) groups is 1. The molecule has 0 saturated carbocycles. The molecule has 1 fully saturated rings. The summed E-state index contributed by atoms with van der Waals surface area (Å²) in [5.74, 6) is 0.667. The van der Waals surface area contributed by atoms with Gasteiger partial charge >= 0.3 is 0 Å². The molecule has 1 aliphatic rings. The predicted molar refractivity (Wildman–Crippen MR) is 111 cm³/mol. The van der Waals surface area contributed by atoms with E-state index >= 15 is 0 Å². The number of nitrogens with one attached hydrogen (secondary N) is 1. The Morgan fingerprint density at radius 1 is 1.25 bits per heavy atom. The summed E-state index contributed by atoms with van der Waals surface area (Å²) in [6, 6.07) is 13.5. The van der Waals surface area contributed by atoms with E-state index in [1.54, 1.807) is 0 Å². The van der Waals surface area contributed by atoms with E-state index in [1.165, 1.54) is 11.3 Å². The van der Waals surface area contributed by atoms with Crippen LogP contribution in [0.15, 0.2) is 42.5 Å². The molecule has 0 unspecified atom stereocenters. The van der Waals surface area contributed by atoms with Gasteiger partial charge in [0.15, 0.2) is 5.13 Å². The van der Waals surface area contributed by atoms with Crippen LogP contribution in [0.25, 0.3) is 10.2 Å². The van der Waals surface area contributed by atoms with E-state index in [0.29, 0.717) is 17.3 Å². The fourth-order valence-corrected chi connectivity index (χ4v) is 4.10. The minimum atomic E-state index is -0.145. The van der Waals surface area contributed by atoms with Crippen LogP contribution in [0.2, 0.25) is 0 Å². The molecule has 2 heterocycles. The third kappa shape index (κ3) is 4.49. The van der Waals surface area contributed by atoms with Crippen molar-refractivity contribution in [3.8, 4) is 5.75 Å². The molecule has 1 aliphatic heterocycles. The Hall–Kier alpha value is -2.48. The first-order valence-corrected chi connectivity index (χ1v) is 10.3. The van der Waals surface area contributed by atoms with Gasteiger partial charge in [-0.2, -0.15) is 0 Å². The summed E-state index contributed by atoms with van der Waals surface area (Å²) in [7, 11) is 0. The number of fused-ring (bicyclic) bond motifs is 1.